The Labute approximate surface area is 115 Å². The van der Waals surface area contributed by atoms with Crippen LogP contribution in [0.15, 0.2) is 0 Å². The predicted octanol–water partition coefficient (Wildman–Crippen LogP) is 1.76. The van der Waals surface area contributed by atoms with Crippen LogP contribution in [0.1, 0.15) is 48.9 Å². The summed E-state index contributed by atoms with van der Waals surface area (Å²) in [5.41, 5.74) is 0.422. The first-order valence-corrected chi connectivity index (χ1v) is 6.87. The van der Waals surface area contributed by atoms with Gasteiger partial charge in [0.15, 0.2) is 5.69 Å². The fourth-order valence-corrected chi connectivity index (χ4v) is 2.57. The molecule has 0 amide bonds. The summed E-state index contributed by atoms with van der Waals surface area (Å²) in [5.74, 6) is -0.526. The highest BCUT2D eigenvalue weighted by Crippen LogP contribution is 2.28. The fourth-order valence-electron chi connectivity index (χ4n) is 1.60. The number of nitrogens with zero attached hydrogens (tertiary/aromatic N) is 3. The third-order valence-corrected chi connectivity index (χ3v) is 3.89. The number of hydrogen-bond donors (Lipinski definition) is 1. The average molecular weight is 283 g/mol. The van der Waals surface area contributed by atoms with Gasteiger partial charge in [-0.2, -0.15) is 5.10 Å². The standard InChI is InChI=1S/C12H17N3O3S/c1-5-18-9(17)8-7(6-16)15-11(13-8)19-10(14-15)12(2,3)4/h16H,5-6H2,1-4H3. The Morgan fingerprint density at radius 3 is 2.68 bits per heavy atom. The molecule has 2 aromatic heterocycles. The minimum Gasteiger partial charge on any atom is -0.461 e. The molecule has 7 heteroatoms. The van der Waals surface area contributed by atoms with Gasteiger partial charge in [0.05, 0.1) is 13.2 Å². The Hall–Kier alpha value is -1.47. The van der Waals surface area contributed by atoms with Crippen LogP contribution in [0.2, 0.25) is 0 Å². The maximum Gasteiger partial charge on any atom is 0.359 e. The molecule has 0 spiro atoms. The SMILES string of the molecule is CCOC(=O)c1nc2sc(C(C)(C)C)nn2c1CO. The topological polar surface area (TPSA) is 76.7 Å². The van der Waals surface area contributed by atoms with Gasteiger partial charge in [0.2, 0.25) is 4.96 Å². The van der Waals surface area contributed by atoms with Crippen LogP contribution in [-0.4, -0.2) is 32.3 Å². The molecule has 0 bridgehead atoms. The number of carbonyl (C=O) groups excluding carboxylic acids is 1. The van der Waals surface area contributed by atoms with Crippen LogP contribution in [0.5, 0.6) is 0 Å². The molecule has 0 aliphatic carbocycles. The molecular formula is C12H17N3O3S. The zero-order chi connectivity index (χ0) is 14.2. The van der Waals surface area contributed by atoms with Gasteiger partial charge in [0.25, 0.3) is 0 Å². The number of ether oxygens (including phenoxy) is 1. The highest BCUT2D eigenvalue weighted by atomic mass is 32.1. The first-order valence-electron chi connectivity index (χ1n) is 6.05. The minimum absolute atomic E-state index is 0.0951. The molecule has 0 aromatic carbocycles. The second kappa shape index (κ2) is 4.90. The van der Waals surface area contributed by atoms with Gasteiger partial charge in [-0.25, -0.2) is 14.3 Å². The number of rotatable bonds is 3. The number of aliphatic hydroxyl groups excluding tert-OH is 1. The summed E-state index contributed by atoms with van der Waals surface area (Å²) >= 11 is 1.41. The van der Waals surface area contributed by atoms with E-state index in [1.165, 1.54) is 15.9 Å². The second-order valence-electron chi connectivity index (χ2n) is 5.14. The number of hydrogen-bond acceptors (Lipinski definition) is 6. The lowest BCUT2D eigenvalue weighted by Gasteiger charge is -2.12. The molecule has 2 heterocycles. The van der Waals surface area contributed by atoms with Gasteiger partial charge in [0, 0.05) is 5.41 Å². The minimum atomic E-state index is -0.526. The lowest BCUT2D eigenvalue weighted by molar-refractivity contribution is 0.0516. The maximum atomic E-state index is 11.7. The summed E-state index contributed by atoms with van der Waals surface area (Å²) in [5, 5.41) is 14.8. The van der Waals surface area contributed by atoms with Crippen molar-refractivity contribution >= 4 is 22.3 Å². The van der Waals surface area contributed by atoms with Crippen molar-refractivity contribution in [2.24, 2.45) is 0 Å². The number of esters is 1. The number of aliphatic hydroxyl groups is 1. The van der Waals surface area contributed by atoms with Gasteiger partial charge >= 0.3 is 5.97 Å². The van der Waals surface area contributed by atoms with Crippen LogP contribution < -0.4 is 0 Å². The van der Waals surface area contributed by atoms with E-state index in [-0.39, 0.29) is 24.3 Å². The van der Waals surface area contributed by atoms with Crippen LogP contribution in [0.25, 0.3) is 4.96 Å². The van der Waals surface area contributed by atoms with E-state index in [2.05, 4.69) is 30.9 Å². The molecule has 0 aliphatic heterocycles. The monoisotopic (exact) mass is 283 g/mol. The van der Waals surface area contributed by atoms with E-state index in [4.69, 9.17) is 4.74 Å². The molecule has 0 unspecified atom stereocenters. The summed E-state index contributed by atoms with van der Waals surface area (Å²) < 4.78 is 6.44. The number of carbonyl (C=O) groups is 1. The maximum absolute atomic E-state index is 11.7. The van der Waals surface area contributed by atoms with Crippen molar-refractivity contribution in [3.8, 4) is 0 Å². The summed E-state index contributed by atoms with van der Waals surface area (Å²) in [4.78, 5) is 16.6. The van der Waals surface area contributed by atoms with Gasteiger partial charge < -0.3 is 9.84 Å². The summed E-state index contributed by atoms with van der Waals surface area (Å²) in [6, 6.07) is 0. The normalized spacial score (nSPS) is 12.1. The largest absolute Gasteiger partial charge is 0.461 e. The van der Waals surface area contributed by atoms with Gasteiger partial charge in [-0.15, -0.1) is 0 Å². The molecule has 2 aromatic rings. The molecule has 6 nitrogen and oxygen atoms in total. The Morgan fingerprint density at radius 2 is 2.16 bits per heavy atom. The zero-order valence-electron chi connectivity index (χ0n) is 11.4. The van der Waals surface area contributed by atoms with Gasteiger partial charge in [-0.3, -0.25) is 0 Å². The van der Waals surface area contributed by atoms with E-state index < -0.39 is 5.97 Å². The number of fused-ring (bicyclic) bond motifs is 1. The molecular weight excluding hydrogens is 266 g/mol. The van der Waals surface area contributed by atoms with Crippen molar-refractivity contribution in [2.75, 3.05) is 6.61 Å². The molecule has 0 fully saturated rings. The average Bonchev–Trinajstić information content (AvgIpc) is 2.84. The Bertz CT molecular complexity index is 610. The number of imidazole rings is 1. The molecule has 0 aliphatic rings. The quantitative estimate of drug-likeness (QED) is 0.868. The summed E-state index contributed by atoms with van der Waals surface area (Å²) in [6.45, 7) is 7.85. The van der Waals surface area contributed by atoms with E-state index in [9.17, 15) is 9.90 Å². The molecule has 0 radical (unpaired) electrons. The summed E-state index contributed by atoms with van der Waals surface area (Å²) in [6.07, 6.45) is 0. The third-order valence-electron chi connectivity index (χ3n) is 2.56. The van der Waals surface area contributed by atoms with Crippen molar-refractivity contribution in [2.45, 2.75) is 39.7 Å². The van der Waals surface area contributed by atoms with E-state index in [0.717, 1.165) is 5.01 Å². The van der Waals surface area contributed by atoms with E-state index in [1.54, 1.807) is 6.92 Å². The van der Waals surface area contributed by atoms with E-state index in [1.807, 2.05) is 0 Å². The van der Waals surface area contributed by atoms with Crippen molar-refractivity contribution in [1.82, 2.24) is 14.6 Å². The molecule has 0 saturated carbocycles. The van der Waals surface area contributed by atoms with E-state index >= 15 is 0 Å². The van der Waals surface area contributed by atoms with Crippen molar-refractivity contribution in [3.05, 3.63) is 16.4 Å². The molecule has 0 atom stereocenters. The van der Waals surface area contributed by atoms with Gasteiger partial charge in [0.1, 0.15) is 10.7 Å². The fraction of sp³-hybridized carbons (Fsp3) is 0.583. The Morgan fingerprint density at radius 1 is 1.47 bits per heavy atom. The molecule has 2 rings (SSSR count). The molecule has 0 saturated heterocycles. The predicted molar refractivity (Wildman–Crippen MR) is 71.4 cm³/mol. The highest BCUT2D eigenvalue weighted by molar-refractivity contribution is 7.16. The third kappa shape index (κ3) is 2.48. The Kier molecular flexibility index (Phi) is 3.60. The zero-order valence-corrected chi connectivity index (χ0v) is 12.2. The smallest absolute Gasteiger partial charge is 0.359 e. The van der Waals surface area contributed by atoms with Crippen LogP contribution in [0.4, 0.5) is 0 Å². The lowest BCUT2D eigenvalue weighted by atomic mass is 9.98. The van der Waals surface area contributed by atoms with Crippen LogP contribution in [0, 0.1) is 0 Å². The summed E-state index contributed by atoms with van der Waals surface area (Å²) in [7, 11) is 0. The van der Waals surface area contributed by atoms with Crippen molar-refractivity contribution in [3.63, 3.8) is 0 Å². The number of aromatic nitrogens is 3. The first-order chi connectivity index (χ1) is 8.88. The molecule has 19 heavy (non-hydrogen) atoms. The molecule has 1 N–H and O–H groups in total. The first kappa shape index (κ1) is 14.0. The molecule has 104 valence electrons. The Balaban J connectivity index is 2.53. The van der Waals surface area contributed by atoms with Gasteiger partial charge in [-0.1, -0.05) is 32.1 Å². The lowest BCUT2D eigenvalue weighted by Crippen LogP contribution is -2.13. The van der Waals surface area contributed by atoms with E-state index in [0.29, 0.717) is 10.7 Å². The highest BCUT2D eigenvalue weighted by Gasteiger charge is 2.25. The van der Waals surface area contributed by atoms with Crippen LogP contribution >= 0.6 is 11.3 Å². The second-order valence-corrected chi connectivity index (χ2v) is 6.09. The van der Waals surface area contributed by atoms with Crippen molar-refractivity contribution in [1.29, 1.82) is 0 Å². The van der Waals surface area contributed by atoms with Crippen LogP contribution in [0.3, 0.4) is 0 Å². The van der Waals surface area contributed by atoms with Gasteiger partial charge in [-0.05, 0) is 6.92 Å². The van der Waals surface area contributed by atoms with Crippen LogP contribution in [-0.2, 0) is 16.8 Å². The van der Waals surface area contributed by atoms with Crippen molar-refractivity contribution < 1.29 is 14.6 Å².